The number of rotatable bonds is 12. The van der Waals surface area contributed by atoms with Gasteiger partial charge >= 0.3 is 18.0 Å². The summed E-state index contributed by atoms with van der Waals surface area (Å²) in [6.45, 7) is 6.60. The van der Waals surface area contributed by atoms with Crippen LogP contribution in [0, 0.1) is 0 Å². The summed E-state index contributed by atoms with van der Waals surface area (Å²) in [4.78, 5) is 72.1. The minimum Gasteiger partial charge on any atom is -0.475 e. The molecule has 2 aliphatic rings. The molecular formula is C31H38Cl2N4O9. The van der Waals surface area contributed by atoms with Crippen LogP contribution < -0.4 is 10.1 Å². The van der Waals surface area contributed by atoms with Crippen molar-refractivity contribution in [1.29, 1.82) is 0 Å². The number of hydrogen-bond acceptors (Lipinski definition) is 10. The molecule has 13 nitrogen and oxygen atoms in total. The van der Waals surface area contributed by atoms with E-state index >= 15 is 0 Å². The maximum absolute atomic E-state index is 13.7. The van der Waals surface area contributed by atoms with Gasteiger partial charge in [-0.1, -0.05) is 23.2 Å². The van der Waals surface area contributed by atoms with E-state index < -0.39 is 41.5 Å². The van der Waals surface area contributed by atoms with E-state index in [0.717, 1.165) is 6.42 Å². The van der Waals surface area contributed by atoms with E-state index in [-0.39, 0.29) is 85.8 Å². The monoisotopic (exact) mass is 680 g/mol. The summed E-state index contributed by atoms with van der Waals surface area (Å²) in [5.41, 5.74) is -1.06. The Kier molecular flexibility index (Phi) is 11.9. The van der Waals surface area contributed by atoms with Gasteiger partial charge in [0.2, 0.25) is 11.5 Å². The lowest BCUT2D eigenvalue weighted by Gasteiger charge is -2.39. The number of ether oxygens (including phenoxy) is 4. The van der Waals surface area contributed by atoms with Crippen LogP contribution in [0.15, 0.2) is 18.2 Å². The van der Waals surface area contributed by atoms with Crippen LogP contribution in [0.4, 0.5) is 4.79 Å². The van der Waals surface area contributed by atoms with Gasteiger partial charge in [0.05, 0.1) is 35.4 Å². The number of carbonyl (C=O) groups is 5. The normalized spacial score (nSPS) is 16.2. The average molecular weight is 682 g/mol. The SMILES string of the molecule is CCOC(=O)CCC(NC(=O)c1cc(OC2(C(=O)OCC)CCC2)c2cc(Cl)c(Cl)cc2n1)C(=O)N1CCN(C(=O)OCC)CC1. The number of piperazine rings is 1. The number of benzene rings is 1. The third-order valence-corrected chi connectivity index (χ3v) is 8.54. The first kappa shape index (κ1) is 35.0. The highest BCUT2D eigenvalue weighted by Crippen LogP contribution is 2.41. The first-order chi connectivity index (χ1) is 22.0. The Balaban J connectivity index is 1.61. The second-order valence-electron chi connectivity index (χ2n) is 10.8. The van der Waals surface area contributed by atoms with Crippen molar-refractivity contribution in [2.75, 3.05) is 46.0 Å². The number of pyridine rings is 1. The van der Waals surface area contributed by atoms with Gasteiger partial charge in [0, 0.05) is 44.1 Å². The maximum atomic E-state index is 13.7. The number of esters is 2. The molecule has 1 aromatic carbocycles. The van der Waals surface area contributed by atoms with Crippen LogP contribution >= 0.6 is 23.2 Å². The molecule has 1 saturated heterocycles. The molecule has 250 valence electrons. The van der Waals surface area contributed by atoms with Gasteiger partial charge in [-0.3, -0.25) is 14.4 Å². The zero-order chi connectivity index (χ0) is 33.4. The van der Waals surface area contributed by atoms with Crippen molar-refractivity contribution in [2.24, 2.45) is 0 Å². The standard InChI is InChI=1S/C31H38Cl2N4O9/c1-4-43-26(38)9-8-22(28(40)36-12-14-37(15-13-36)30(42)45-6-3)35-27(39)24-18-25(19-16-20(32)21(33)17-23(19)34-24)46-31(10-7-11-31)29(41)44-5-2/h16-18,22H,4-15H2,1-3H3,(H,35,39). The van der Waals surface area contributed by atoms with Gasteiger partial charge in [-0.05, 0) is 58.6 Å². The molecule has 1 N–H and O–H groups in total. The predicted molar refractivity (Wildman–Crippen MR) is 168 cm³/mol. The Bertz CT molecular complexity index is 1480. The molecule has 1 aliphatic carbocycles. The van der Waals surface area contributed by atoms with E-state index in [1.54, 1.807) is 26.8 Å². The average Bonchev–Trinajstić information content (AvgIpc) is 3.01. The molecule has 2 aromatic rings. The number of halogens is 2. The molecule has 0 bridgehead atoms. The Morgan fingerprint density at radius 3 is 2.13 bits per heavy atom. The fraction of sp³-hybridized carbons (Fsp3) is 0.548. The molecule has 4 rings (SSSR count). The molecule has 1 unspecified atom stereocenters. The molecule has 2 fully saturated rings. The predicted octanol–water partition coefficient (Wildman–Crippen LogP) is 4.15. The number of nitrogens with zero attached hydrogens (tertiary/aromatic N) is 3. The quantitative estimate of drug-likeness (QED) is 0.255. The Morgan fingerprint density at radius 2 is 1.52 bits per heavy atom. The van der Waals surface area contributed by atoms with E-state index in [9.17, 15) is 24.0 Å². The Labute approximate surface area is 276 Å². The summed E-state index contributed by atoms with van der Waals surface area (Å²) >= 11 is 12.6. The van der Waals surface area contributed by atoms with Gasteiger partial charge < -0.3 is 34.1 Å². The molecule has 1 aromatic heterocycles. The van der Waals surface area contributed by atoms with Crippen LogP contribution in [-0.4, -0.2) is 102 Å². The molecule has 1 saturated carbocycles. The van der Waals surface area contributed by atoms with E-state index in [0.29, 0.717) is 18.2 Å². The number of amides is 3. The smallest absolute Gasteiger partial charge is 0.409 e. The summed E-state index contributed by atoms with van der Waals surface area (Å²) in [6.07, 6.45) is 0.975. The lowest BCUT2D eigenvalue weighted by Crippen LogP contribution is -2.56. The highest BCUT2D eigenvalue weighted by Gasteiger charge is 2.48. The molecule has 0 spiro atoms. The van der Waals surface area contributed by atoms with Crippen LogP contribution in [0.2, 0.25) is 10.0 Å². The number of carbonyl (C=O) groups excluding carboxylic acids is 5. The fourth-order valence-corrected chi connectivity index (χ4v) is 5.56. The lowest BCUT2D eigenvalue weighted by molar-refractivity contribution is -0.169. The molecule has 1 atom stereocenters. The number of fused-ring (bicyclic) bond motifs is 1. The first-order valence-corrected chi connectivity index (χ1v) is 16.1. The summed E-state index contributed by atoms with van der Waals surface area (Å²) in [7, 11) is 0. The van der Waals surface area contributed by atoms with Crippen LogP contribution in [0.3, 0.4) is 0 Å². The molecular weight excluding hydrogens is 643 g/mol. The molecule has 46 heavy (non-hydrogen) atoms. The van der Waals surface area contributed by atoms with Crippen molar-refractivity contribution in [1.82, 2.24) is 20.1 Å². The van der Waals surface area contributed by atoms with Gasteiger partial charge in [-0.2, -0.15) is 0 Å². The zero-order valence-corrected chi connectivity index (χ0v) is 27.6. The summed E-state index contributed by atoms with van der Waals surface area (Å²) in [6, 6.07) is 3.29. The van der Waals surface area contributed by atoms with Gasteiger partial charge in [0.15, 0.2) is 0 Å². The van der Waals surface area contributed by atoms with E-state index in [1.165, 1.54) is 21.9 Å². The van der Waals surface area contributed by atoms with Crippen molar-refractivity contribution in [3.8, 4) is 5.75 Å². The highest BCUT2D eigenvalue weighted by atomic mass is 35.5. The molecule has 3 amide bonds. The van der Waals surface area contributed by atoms with E-state index in [1.807, 2.05) is 0 Å². The molecule has 15 heteroatoms. The molecule has 2 heterocycles. The number of hydrogen-bond donors (Lipinski definition) is 1. The molecule has 1 aliphatic heterocycles. The second kappa shape index (κ2) is 15.6. The van der Waals surface area contributed by atoms with Gasteiger partial charge in [0.1, 0.15) is 17.5 Å². The third-order valence-electron chi connectivity index (χ3n) is 7.82. The first-order valence-electron chi connectivity index (χ1n) is 15.3. The Morgan fingerprint density at radius 1 is 0.891 bits per heavy atom. The molecule has 0 radical (unpaired) electrons. The van der Waals surface area contributed by atoms with Crippen molar-refractivity contribution in [2.45, 2.75) is 64.5 Å². The van der Waals surface area contributed by atoms with Gasteiger partial charge in [-0.15, -0.1) is 0 Å². The van der Waals surface area contributed by atoms with Crippen molar-refractivity contribution >= 4 is 64.0 Å². The summed E-state index contributed by atoms with van der Waals surface area (Å²) in [5.74, 6) is -2.00. The van der Waals surface area contributed by atoms with E-state index in [4.69, 9.17) is 42.1 Å². The van der Waals surface area contributed by atoms with Crippen molar-refractivity contribution in [3.63, 3.8) is 0 Å². The third kappa shape index (κ3) is 8.11. The lowest BCUT2D eigenvalue weighted by atomic mass is 9.80. The van der Waals surface area contributed by atoms with Crippen LogP contribution in [0.5, 0.6) is 5.75 Å². The van der Waals surface area contributed by atoms with Crippen molar-refractivity contribution in [3.05, 3.63) is 33.9 Å². The highest BCUT2D eigenvalue weighted by molar-refractivity contribution is 6.42. The largest absolute Gasteiger partial charge is 0.475 e. The number of nitrogens with one attached hydrogen (secondary N) is 1. The summed E-state index contributed by atoms with van der Waals surface area (Å²) in [5, 5.41) is 3.57. The fourth-order valence-electron chi connectivity index (χ4n) is 5.24. The minimum atomic E-state index is -1.23. The van der Waals surface area contributed by atoms with Crippen LogP contribution in [-0.2, 0) is 28.6 Å². The van der Waals surface area contributed by atoms with E-state index in [2.05, 4.69) is 10.3 Å². The van der Waals surface area contributed by atoms with Crippen molar-refractivity contribution < 1.29 is 42.9 Å². The summed E-state index contributed by atoms with van der Waals surface area (Å²) < 4.78 is 21.6. The van der Waals surface area contributed by atoms with Gasteiger partial charge in [-0.25, -0.2) is 14.6 Å². The van der Waals surface area contributed by atoms with Crippen LogP contribution in [0.1, 0.15) is 63.4 Å². The topological polar surface area (TPSA) is 154 Å². The minimum absolute atomic E-state index is 0.0359. The Hall–Kier alpha value is -3.84. The number of aromatic nitrogens is 1. The zero-order valence-electron chi connectivity index (χ0n) is 26.1. The maximum Gasteiger partial charge on any atom is 0.409 e. The second-order valence-corrected chi connectivity index (χ2v) is 11.7. The van der Waals surface area contributed by atoms with Crippen LogP contribution in [0.25, 0.3) is 10.9 Å². The van der Waals surface area contributed by atoms with Gasteiger partial charge in [0.25, 0.3) is 5.91 Å².